The van der Waals surface area contributed by atoms with Crippen LogP contribution in [0.15, 0.2) is 34.7 Å². The Hall–Kier alpha value is -1.52. The average Bonchev–Trinajstić information content (AvgIpc) is 2.70. The largest absolute Gasteiger partial charge is 0.440 e. The molecule has 0 bridgehead atoms. The fraction of sp³-hybridized carbons (Fsp3) is 0. The first-order valence-electron chi connectivity index (χ1n) is 4.58. The summed E-state index contributed by atoms with van der Waals surface area (Å²) < 4.78 is 17.8. The van der Waals surface area contributed by atoms with Gasteiger partial charge in [-0.2, -0.15) is 0 Å². The predicted molar refractivity (Wildman–Crippen MR) is 63.1 cm³/mol. The number of rotatable bonds is 2. The van der Waals surface area contributed by atoms with Gasteiger partial charge in [0.25, 0.3) is 5.91 Å². The first kappa shape index (κ1) is 12.0. The summed E-state index contributed by atoms with van der Waals surface area (Å²) in [5.74, 6) is -0.972. The fourth-order valence-electron chi connectivity index (χ4n) is 1.20. The Morgan fingerprint density at radius 2 is 2.00 bits per heavy atom. The molecule has 1 heterocycles. The molecule has 0 spiro atoms. The Morgan fingerprint density at radius 3 is 2.59 bits per heavy atom. The van der Waals surface area contributed by atoms with Gasteiger partial charge in [0.2, 0.25) is 0 Å². The summed E-state index contributed by atoms with van der Waals surface area (Å²) in [5.41, 5.74) is 0.369. The monoisotopic (exact) mass is 273 g/mol. The van der Waals surface area contributed by atoms with Crippen LogP contribution < -0.4 is 5.32 Å². The number of hydrogen-bond acceptors (Lipinski definition) is 2. The summed E-state index contributed by atoms with van der Waals surface area (Å²) in [6, 6.07) is 6.74. The Balaban J connectivity index is 2.15. The lowest BCUT2D eigenvalue weighted by atomic mass is 10.3. The van der Waals surface area contributed by atoms with Gasteiger partial charge in [-0.25, -0.2) is 4.39 Å². The molecule has 17 heavy (non-hydrogen) atoms. The highest BCUT2D eigenvalue weighted by molar-refractivity contribution is 6.31. The van der Waals surface area contributed by atoms with Crippen LogP contribution in [-0.4, -0.2) is 5.91 Å². The Bertz CT molecular complexity index is 568. The number of furan rings is 1. The van der Waals surface area contributed by atoms with Gasteiger partial charge >= 0.3 is 0 Å². The number of benzene rings is 1. The third kappa shape index (κ3) is 2.78. The van der Waals surface area contributed by atoms with Crippen molar-refractivity contribution in [2.45, 2.75) is 0 Å². The predicted octanol–water partition coefficient (Wildman–Crippen LogP) is 3.98. The molecular weight excluding hydrogens is 268 g/mol. The van der Waals surface area contributed by atoms with Crippen molar-refractivity contribution in [3.05, 3.63) is 52.2 Å². The number of anilines is 1. The van der Waals surface area contributed by atoms with E-state index in [2.05, 4.69) is 5.32 Å². The quantitative estimate of drug-likeness (QED) is 0.900. The molecule has 2 rings (SSSR count). The molecule has 0 aliphatic carbocycles. The van der Waals surface area contributed by atoms with E-state index in [1.165, 1.54) is 24.3 Å². The van der Waals surface area contributed by atoms with E-state index in [1.54, 1.807) is 0 Å². The Labute approximate surface area is 106 Å². The van der Waals surface area contributed by atoms with E-state index in [0.717, 1.165) is 6.07 Å². The van der Waals surface area contributed by atoms with Crippen LogP contribution in [0.4, 0.5) is 10.1 Å². The summed E-state index contributed by atoms with van der Waals surface area (Å²) >= 11 is 11.1. The van der Waals surface area contributed by atoms with Crippen molar-refractivity contribution in [1.29, 1.82) is 0 Å². The zero-order valence-corrected chi connectivity index (χ0v) is 9.85. The molecule has 1 aromatic carbocycles. The molecule has 3 nitrogen and oxygen atoms in total. The minimum atomic E-state index is -0.550. The average molecular weight is 274 g/mol. The Kier molecular flexibility index (Phi) is 3.36. The SMILES string of the molecule is O=C(Nc1ccc(F)c(Cl)c1)c1ccc(Cl)o1. The molecule has 0 saturated heterocycles. The van der Waals surface area contributed by atoms with Crippen LogP contribution in [0.5, 0.6) is 0 Å². The zero-order chi connectivity index (χ0) is 12.4. The number of carbonyl (C=O) groups excluding carboxylic acids is 1. The van der Waals surface area contributed by atoms with Gasteiger partial charge in [0.05, 0.1) is 5.02 Å². The van der Waals surface area contributed by atoms with Crippen molar-refractivity contribution in [3.8, 4) is 0 Å². The van der Waals surface area contributed by atoms with Crippen molar-refractivity contribution in [2.24, 2.45) is 0 Å². The van der Waals surface area contributed by atoms with Gasteiger partial charge in [0.15, 0.2) is 11.0 Å². The van der Waals surface area contributed by atoms with Crippen molar-refractivity contribution < 1.29 is 13.6 Å². The lowest BCUT2D eigenvalue weighted by Gasteiger charge is -2.03. The van der Waals surface area contributed by atoms with Crippen molar-refractivity contribution >= 4 is 34.8 Å². The van der Waals surface area contributed by atoms with Gasteiger partial charge in [0.1, 0.15) is 5.82 Å². The number of carbonyl (C=O) groups is 1. The second-order valence-corrected chi connectivity index (χ2v) is 3.97. The first-order valence-corrected chi connectivity index (χ1v) is 5.33. The molecule has 1 N–H and O–H groups in total. The maximum Gasteiger partial charge on any atom is 0.291 e. The number of nitrogens with one attached hydrogen (secondary N) is 1. The number of amides is 1. The van der Waals surface area contributed by atoms with E-state index >= 15 is 0 Å². The van der Waals surface area contributed by atoms with Gasteiger partial charge in [-0.15, -0.1) is 0 Å². The van der Waals surface area contributed by atoms with E-state index in [1.807, 2.05) is 0 Å². The zero-order valence-electron chi connectivity index (χ0n) is 8.34. The second-order valence-electron chi connectivity index (χ2n) is 3.19. The minimum Gasteiger partial charge on any atom is -0.440 e. The van der Waals surface area contributed by atoms with Crippen molar-refractivity contribution in [3.63, 3.8) is 0 Å². The van der Waals surface area contributed by atoms with Gasteiger partial charge in [0, 0.05) is 5.69 Å². The second kappa shape index (κ2) is 4.77. The smallest absolute Gasteiger partial charge is 0.291 e. The van der Waals surface area contributed by atoms with Crippen molar-refractivity contribution in [2.75, 3.05) is 5.32 Å². The highest BCUT2D eigenvalue weighted by atomic mass is 35.5. The van der Waals surface area contributed by atoms with Crippen LogP contribution in [0.1, 0.15) is 10.6 Å². The maximum absolute atomic E-state index is 12.9. The molecule has 2 aromatic rings. The molecule has 0 aliphatic heterocycles. The molecule has 88 valence electrons. The molecule has 0 atom stereocenters. The summed E-state index contributed by atoms with van der Waals surface area (Å²) in [4.78, 5) is 11.6. The molecule has 1 amide bonds. The maximum atomic E-state index is 12.9. The summed E-state index contributed by atoms with van der Waals surface area (Å²) in [6.07, 6.45) is 0. The molecule has 0 fully saturated rings. The fourth-order valence-corrected chi connectivity index (χ4v) is 1.53. The third-order valence-electron chi connectivity index (χ3n) is 1.97. The van der Waals surface area contributed by atoms with Crippen LogP contribution in [-0.2, 0) is 0 Å². The summed E-state index contributed by atoms with van der Waals surface area (Å²) in [6.45, 7) is 0. The lowest BCUT2D eigenvalue weighted by Crippen LogP contribution is -2.10. The first-order chi connectivity index (χ1) is 8.06. The van der Waals surface area contributed by atoms with E-state index < -0.39 is 11.7 Å². The van der Waals surface area contributed by atoms with Gasteiger partial charge in [-0.05, 0) is 41.9 Å². The van der Waals surface area contributed by atoms with E-state index in [0.29, 0.717) is 5.69 Å². The molecular formula is C11H6Cl2FNO2. The van der Waals surface area contributed by atoms with E-state index in [-0.39, 0.29) is 16.0 Å². The van der Waals surface area contributed by atoms with Crippen LogP contribution in [0.25, 0.3) is 0 Å². The van der Waals surface area contributed by atoms with E-state index in [4.69, 9.17) is 27.6 Å². The third-order valence-corrected chi connectivity index (χ3v) is 2.47. The number of halogens is 3. The van der Waals surface area contributed by atoms with Gasteiger partial charge in [-0.1, -0.05) is 11.6 Å². The van der Waals surface area contributed by atoms with Crippen molar-refractivity contribution in [1.82, 2.24) is 0 Å². The lowest BCUT2D eigenvalue weighted by molar-refractivity contribution is 0.0997. The number of hydrogen-bond donors (Lipinski definition) is 1. The van der Waals surface area contributed by atoms with Gasteiger partial charge < -0.3 is 9.73 Å². The standard InChI is InChI=1S/C11H6Cl2FNO2/c12-7-5-6(1-2-8(7)14)15-11(16)9-3-4-10(13)17-9/h1-5H,(H,15,16). The van der Waals surface area contributed by atoms with Crippen LogP contribution >= 0.6 is 23.2 Å². The normalized spacial score (nSPS) is 10.3. The van der Waals surface area contributed by atoms with E-state index in [9.17, 15) is 9.18 Å². The van der Waals surface area contributed by atoms with Crippen LogP contribution in [0.3, 0.4) is 0 Å². The molecule has 6 heteroatoms. The molecule has 0 unspecified atom stereocenters. The molecule has 0 saturated carbocycles. The Morgan fingerprint density at radius 1 is 1.24 bits per heavy atom. The molecule has 0 aliphatic rings. The summed E-state index contributed by atoms with van der Waals surface area (Å²) in [7, 11) is 0. The van der Waals surface area contributed by atoms with Gasteiger partial charge in [-0.3, -0.25) is 4.79 Å². The van der Waals surface area contributed by atoms with Crippen LogP contribution in [0, 0.1) is 5.82 Å². The molecule has 1 aromatic heterocycles. The highest BCUT2D eigenvalue weighted by Gasteiger charge is 2.11. The minimum absolute atomic E-state index is 0.0652. The van der Waals surface area contributed by atoms with Crippen LogP contribution in [0.2, 0.25) is 10.2 Å². The molecule has 0 radical (unpaired) electrons. The topological polar surface area (TPSA) is 42.2 Å². The highest BCUT2D eigenvalue weighted by Crippen LogP contribution is 2.20. The summed E-state index contributed by atoms with van der Waals surface area (Å²) in [5, 5.41) is 2.55.